The molecule has 0 amide bonds. The molecule has 21 heavy (non-hydrogen) atoms. The van der Waals surface area contributed by atoms with E-state index in [1.165, 1.54) is 0 Å². The Morgan fingerprint density at radius 3 is 2.81 bits per heavy atom. The van der Waals surface area contributed by atoms with Gasteiger partial charge < -0.3 is 20.1 Å². The number of esters is 1. The van der Waals surface area contributed by atoms with Crippen molar-refractivity contribution in [2.75, 3.05) is 31.2 Å². The lowest BCUT2D eigenvalue weighted by Gasteiger charge is -2.28. The van der Waals surface area contributed by atoms with Crippen molar-refractivity contribution in [2.45, 2.75) is 26.5 Å². The second-order valence-electron chi connectivity index (χ2n) is 5.46. The van der Waals surface area contributed by atoms with E-state index < -0.39 is 6.04 Å². The molecule has 2 N–H and O–H groups in total. The number of hydrogen-bond donors (Lipinski definition) is 1. The van der Waals surface area contributed by atoms with Gasteiger partial charge in [0.1, 0.15) is 18.5 Å². The number of hydrogen-bond acceptors (Lipinski definition) is 6. The van der Waals surface area contributed by atoms with Gasteiger partial charge in [0.2, 0.25) is 0 Å². The molecule has 0 saturated carbocycles. The quantitative estimate of drug-likeness (QED) is 0.814. The molecule has 1 saturated heterocycles. The Kier molecular flexibility index (Phi) is 5.52. The molecule has 0 bridgehead atoms. The molecule has 1 fully saturated rings. The van der Waals surface area contributed by atoms with Gasteiger partial charge in [-0.3, -0.25) is 4.79 Å². The highest BCUT2D eigenvalue weighted by Crippen LogP contribution is 2.14. The zero-order valence-corrected chi connectivity index (χ0v) is 12.6. The van der Waals surface area contributed by atoms with E-state index in [0.29, 0.717) is 13.2 Å². The molecule has 1 aliphatic heterocycles. The van der Waals surface area contributed by atoms with E-state index in [1.54, 1.807) is 0 Å². The van der Waals surface area contributed by atoms with Crippen molar-refractivity contribution in [3.05, 3.63) is 23.9 Å². The lowest BCUT2D eigenvalue weighted by atomic mass is 10.1. The van der Waals surface area contributed by atoms with Crippen molar-refractivity contribution >= 4 is 11.8 Å². The van der Waals surface area contributed by atoms with Gasteiger partial charge in [-0.25, -0.2) is 4.98 Å². The Hall–Kier alpha value is -1.66. The fourth-order valence-corrected chi connectivity index (χ4v) is 2.03. The van der Waals surface area contributed by atoms with Crippen LogP contribution in [0.25, 0.3) is 0 Å². The third kappa shape index (κ3) is 4.41. The van der Waals surface area contributed by atoms with Crippen LogP contribution in [0, 0.1) is 5.92 Å². The third-order valence-corrected chi connectivity index (χ3v) is 3.48. The number of aromatic nitrogens is 1. The smallest absolute Gasteiger partial charge is 0.323 e. The minimum Gasteiger partial charge on any atom is -0.458 e. The van der Waals surface area contributed by atoms with Crippen LogP contribution in [0.1, 0.15) is 19.5 Å². The molecule has 6 nitrogen and oxygen atoms in total. The van der Waals surface area contributed by atoms with Crippen molar-refractivity contribution in [2.24, 2.45) is 11.7 Å². The van der Waals surface area contributed by atoms with Crippen LogP contribution < -0.4 is 10.6 Å². The molecule has 116 valence electrons. The molecule has 0 aliphatic carbocycles. The molecule has 2 heterocycles. The van der Waals surface area contributed by atoms with Crippen molar-refractivity contribution in [3.63, 3.8) is 0 Å². The number of morpholine rings is 1. The van der Waals surface area contributed by atoms with Crippen molar-refractivity contribution in [1.29, 1.82) is 0 Å². The highest BCUT2D eigenvalue weighted by Gasteiger charge is 2.19. The molecule has 6 heteroatoms. The number of carbonyl (C=O) groups excluding carboxylic acids is 1. The number of ether oxygens (including phenoxy) is 2. The van der Waals surface area contributed by atoms with Gasteiger partial charge in [0.25, 0.3) is 0 Å². The lowest BCUT2D eigenvalue weighted by Crippen LogP contribution is -2.37. The van der Waals surface area contributed by atoms with Crippen LogP contribution in [0.2, 0.25) is 0 Å². The lowest BCUT2D eigenvalue weighted by molar-refractivity contribution is -0.147. The maximum absolute atomic E-state index is 11.7. The van der Waals surface area contributed by atoms with E-state index in [0.717, 1.165) is 24.6 Å². The van der Waals surface area contributed by atoms with Crippen LogP contribution in [0.15, 0.2) is 18.2 Å². The molecule has 0 aromatic carbocycles. The molecule has 0 radical (unpaired) electrons. The molecule has 0 spiro atoms. The molecule has 1 unspecified atom stereocenters. The Morgan fingerprint density at radius 2 is 2.14 bits per heavy atom. The van der Waals surface area contributed by atoms with E-state index in [1.807, 2.05) is 32.0 Å². The van der Waals surface area contributed by atoms with Crippen LogP contribution in [-0.4, -0.2) is 43.3 Å². The number of nitrogens with zero attached hydrogens (tertiary/aromatic N) is 2. The summed E-state index contributed by atoms with van der Waals surface area (Å²) in [5.41, 5.74) is 6.48. The zero-order chi connectivity index (χ0) is 15.2. The van der Waals surface area contributed by atoms with Crippen LogP contribution in [-0.2, 0) is 20.9 Å². The number of pyridine rings is 1. The first-order chi connectivity index (χ1) is 10.1. The van der Waals surface area contributed by atoms with Crippen LogP contribution >= 0.6 is 0 Å². The average Bonchev–Trinajstić information content (AvgIpc) is 2.53. The van der Waals surface area contributed by atoms with E-state index in [-0.39, 0.29) is 18.5 Å². The number of carbonyl (C=O) groups is 1. The summed E-state index contributed by atoms with van der Waals surface area (Å²) in [7, 11) is 0. The first kappa shape index (κ1) is 15.7. The van der Waals surface area contributed by atoms with Gasteiger partial charge in [-0.15, -0.1) is 0 Å². The predicted octanol–water partition coefficient (Wildman–Crippen LogP) is 0.945. The minimum absolute atomic E-state index is 0.0603. The number of anilines is 1. The summed E-state index contributed by atoms with van der Waals surface area (Å²) in [5, 5.41) is 0. The Bertz CT molecular complexity index is 473. The molecular weight excluding hydrogens is 270 g/mol. The van der Waals surface area contributed by atoms with Crippen LogP contribution in [0.5, 0.6) is 0 Å². The van der Waals surface area contributed by atoms with Gasteiger partial charge in [0.15, 0.2) is 0 Å². The zero-order valence-electron chi connectivity index (χ0n) is 12.6. The topological polar surface area (TPSA) is 77.7 Å². The number of nitrogens with two attached hydrogens (primary N) is 1. The average molecular weight is 293 g/mol. The van der Waals surface area contributed by atoms with Gasteiger partial charge in [-0.05, 0) is 18.1 Å². The maximum atomic E-state index is 11.7. The minimum atomic E-state index is -0.590. The fourth-order valence-electron chi connectivity index (χ4n) is 2.03. The monoisotopic (exact) mass is 293 g/mol. The first-order valence-electron chi connectivity index (χ1n) is 7.29. The highest BCUT2D eigenvalue weighted by molar-refractivity contribution is 5.75. The van der Waals surface area contributed by atoms with Gasteiger partial charge in [0.05, 0.1) is 18.9 Å². The van der Waals surface area contributed by atoms with Crippen molar-refractivity contribution in [1.82, 2.24) is 4.98 Å². The summed E-state index contributed by atoms with van der Waals surface area (Å²) in [6.07, 6.45) is 0. The predicted molar refractivity (Wildman–Crippen MR) is 79.9 cm³/mol. The summed E-state index contributed by atoms with van der Waals surface area (Å²) in [6.45, 7) is 7.01. The second-order valence-corrected chi connectivity index (χ2v) is 5.46. The Balaban J connectivity index is 1.93. The summed E-state index contributed by atoms with van der Waals surface area (Å²) >= 11 is 0. The van der Waals surface area contributed by atoms with E-state index >= 15 is 0 Å². The van der Waals surface area contributed by atoms with Gasteiger partial charge in [-0.1, -0.05) is 19.9 Å². The first-order valence-corrected chi connectivity index (χ1v) is 7.29. The Labute approximate surface area is 125 Å². The Morgan fingerprint density at radius 1 is 1.43 bits per heavy atom. The summed E-state index contributed by atoms with van der Waals surface area (Å²) in [6, 6.07) is 5.13. The standard InChI is InChI=1S/C15H23N3O3/c1-11(2)14(16)15(19)21-10-12-4-3-5-13(17-12)18-6-8-20-9-7-18/h3-5,11,14H,6-10,16H2,1-2H3. The molecule has 2 rings (SSSR count). The molecule has 1 aromatic rings. The highest BCUT2D eigenvalue weighted by atomic mass is 16.5. The van der Waals surface area contributed by atoms with Gasteiger partial charge >= 0.3 is 5.97 Å². The number of rotatable bonds is 5. The van der Waals surface area contributed by atoms with Gasteiger partial charge in [-0.2, -0.15) is 0 Å². The normalized spacial score (nSPS) is 16.9. The van der Waals surface area contributed by atoms with E-state index in [2.05, 4.69) is 9.88 Å². The maximum Gasteiger partial charge on any atom is 0.323 e. The summed E-state index contributed by atoms with van der Waals surface area (Å²) in [4.78, 5) is 18.4. The van der Waals surface area contributed by atoms with E-state index in [4.69, 9.17) is 15.2 Å². The summed E-state index contributed by atoms with van der Waals surface area (Å²) < 4.78 is 10.6. The molecule has 1 aliphatic rings. The summed E-state index contributed by atoms with van der Waals surface area (Å²) in [5.74, 6) is 0.564. The van der Waals surface area contributed by atoms with Crippen LogP contribution in [0.3, 0.4) is 0 Å². The van der Waals surface area contributed by atoms with E-state index in [9.17, 15) is 4.79 Å². The molecular formula is C15H23N3O3. The fraction of sp³-hybridized carbons (Fsp3) is 0.600. The third-order valence-electron chi connectivity index (χ3n) is 3.48. The second kappa shape index (κ2) is 7.38. The van der Waals surface area contributed by atoms with Crippen molar-refractivity contribution in [3.8, 4) is 0 Å². The largest absolute Gasteiger partial charge is 0.458 e. The molecule has 1 aromatic heterocycles. The molecule has 1 atom stereocenters. The van der Waals surface area contributed by atoms with Crippen LogP contribution in [0.4, 0.5) is 5.82 Å². The van der Waals surface area contributed by atoms with Crippen molar-refractivity contribution < 1.29 is 14.3 Å². The SMILES string of the molecule is CC(C)C(N)C(=O)OCc1cccc(N2CCOCC2)n1. The van der Waals surface area contributed by atoms with Gasteiger partial charge in [0, 0.05) is 13.1 Å².